The zero-order valence-corrected chi connectivity index (χ0v) is 14.5. The number of benzene rings is 1. The SMILES string of the molecule is COc1ccsc1C(Br)c1ccc2c(c1)C(C)(C)C(=O)N2. The third-order valence-electron chi connectivity index (χ3n) is 3.93. The molecule has 2 aromatic rings. The van der Waals surface area contributed by atoms with Gasteiger partial charge in [-0.3, -0.25) is 4.79 Å². The molecule has 0 spiro atoms. The number of carbonyl (C=O) groups excluding carboxylic acids is 1. The Morgan fingerprint density at radius 3 is 2.81 bits per heavy atom. The van der Waals surface area contributed by atoms with Gasteiger partial charge in [0.2, 0.25) is 5.91 Å². The molecule has 5 heteroatoms. The summed E-state index contributed by atoms with van der Waals surface area (Å²) in [5, 5.41) is 4.95. The number of thiophene rings is 1. The number of methoxy groups -OCH3 is 1. The number of alkyl halides is 1. The smallest absolute Gasteiger partial charge is 0.234 e. The topological polar surface area (TPSA) is 38.3 Å². The van der Waals surface area contributed by atoms with Crippen LogP contribution < -0.4 is 10.1 Å². The fourth-order valence-electron chi connectivity index (χ4n) is 2.56. The minimum absolute atomic E-state index is 0.0504. The van der Waals surface area contributed by atoms with Gasteiger partial charge in [-0.05, 0) is 42.5 Å². The minimum atomic E-state index is -0.488. The largest absolute Gasteiger partial charge is 0.496 e. The third kappa shape index (κ3) is 2.28. The maximum Gasteiger partial charge on any atom is 0.234 e. The number of fused-ring (bicyclic) bond motifs is 1. The van der Waals surface area contributed by atoms with Crippen LogP contribution in [-0.4, -0.2) is 13.0 Å². The van der Waals surface area contributed by atoms with E-state index in [4.69, 9.17) is 4.74 Å². The van der Waals surface area contributed by atoms with Crippen LogP contribution in [0.3, 0.4) is 0 Å². The lowest BCUT2D eigenvalue weighted by atomic mass is 9.85. The lowest BCUT2D eigenvalue weighted by molar-refractivity contribution is -0.119. The minimum Gasteiger partial charge on any atom is -0.496 e. The average Bonchev–Trinajstić information content (AvgIpc) is 3.02. The molecule has 3 nitrogen and oxygen atoms in total. The lowest BCUT2D eigenvalue weighted by Gasteiger charge is -2.17. The van der Waals surface area contributed by atoms with Gasteiger partial charge < -0.3 is 10.1 Å². The van der Waals surface area contributed by atoms with Crippen molar-refractivity contribution >= 4 is 38.9 Å². The number of nitrogens with one attached hydrogen (secondary N) is 1. The Morgan fingerprint density at radius 1 is 1.33 bits per heavy atom. The highest BCUT2D eigenvalue weighted by Crippen LogP contribution is 2.44. The van der Waals surface area contributed by atoms with Crippen molar-refractivity contribution in [2.45, 2.75) is 24.1 Å². The van der Waals surface area contributed by atoms with Crippen LogP contribution in [0, 0.1) is 0 Å². The maximum absolute atomic E-state index is 12.0. The fourth-order valence-corrected chi connectivity index (χ4v) is 4.26. The van der Waals surface area contributed by atoms with E-state index in [2.05, 4.69) is 27.3 Å². The first-order valence-electron chi connectivity index (χ1n) is 6.66. The highest BCUT2D eigenvalue weighted by molar-refractivity contribution is 9.09. The van der Waals surface area contributed by atoms with E-state index in [0.717, 1.165) is 27.4 Å². The van der Waals surface area contributed by atoms with Gasteiger partial charge >= 0.3 is 0 Å². The van der Waals surface area contributed by atoms with Crippen LogP contribution in [0.2, 0.25) is 0 Å². The van der Waals surface area contributed by atoms with Crippen LogP contribution >= 0.6 is 27.3 Å². The molecule has 1 aromatic carbocycles. The lowest BCUT2D eigenvalue weighted by Crippen LogP contribution is -2.26. The van der Waals surface area contributed by atoms with Crippen LogP contribution in [-0.2, 0) is 10.2 Å². The fraction of sp³-hybridized carbons (Fsp3) is 0.312. The molecule has 0 radical (unpaired) electrons. The molecule has 0 bridgehead atoms. The van der Waals surface area contributed by atoms with Gasteiger partial charge in [-0.2, -0.15) is 0 Å². The molecular formula is C16H16BrNO2S. The second-order valence-corrected chi connectivity index (χ2v) is 7.46. The standard InChI is InChI=1S/C16H16BrNO2S/c1-16(2)10-8-9(4-5-11(10)18-15(16)19)13(17)14-12(20-3)6-7-21-14/h4-8,13H,1-3H3,(H,18,19). The molecule has 1 atom stereocenters. The van der Waals surface area contributed by atoms with E-state index in [9.17, 15) is 4.79 Å². The number of hydrogen-bond donors (Lipinski definition) is 1. The van der Waals surface area contributed by atoms with Gasteiger partial charge in [-0.1, -0.05) is 28.1 Å². The van der Waals surface area contributed by atoms with Crippen molar-refractivity contribution < 1.29 is 9.53 Å². The first kappa shape index (κ1) is 14.6. The van der Waals surface area contributed by atoms with Gasteiger partial charge in [0, 0.05) is 5.69 Å². The summed E-state index contributed by atoms with van der Waals surface area (Å²) in [5.74, 6) is 0.935. The predicted octanol–water partition coefficient (Wildman–Crippen LogP) is 4.47. The molecule has 0 aliphatic carbocycles. The molecule has 1 aliphatic rings. The summed E-state index contributed by atoms with van der Waals surface area (Å²) in [6.45, 7) is 3.90. The normalized spacial score (nSPS) is 17.2. The number of carbonyl (C=O) groups is 1. The van der Waals surface area contributed by atoms with E-state index in [1.165, 1.54) is 0 Å². The zero-order chi connectivity index (χ0) is 15.2. The van der Waals surface area contributed by atoms with E-state index < -0.39 is 5.41 Å². The Balaban J connectivity index is 2.02. The van der Waals surface area contributed by atoms with Gasteiger partial charge in [0.15, 0.2) is 0 Å². The van der Waals surface area contributed by atoms with Crippen LogP contribution in [0.25, 0.3) is 0 Å². The molecule has 1 aliphatic heterocycles. The van der Waals surface area contributed by atoms with Crippen molar-refractivity contribution in [2.24, 2.45) is 0 Å². The van der Waals surface area contributed by atoms with Gasteiger partial charge in [0.25, 0.3) is 0 Å². The molecule has 0 saturated heterocycles. The molecular weight excluding hydrogens is 350 g/mol. The summed E-state index contributed by atoms with van der Waals surface area (Å²) in [6.07, 6.45) is 0. The number of halogens is 1. The van der Waals surface area contributed by atoms with Crippen LogP contribution in [0.15, 0.2) is 29.6 Å². The number of ether oxygens (including phenoxy) is 1. The quantitative estimate of drug-likeness (QED) is 0.814. The molecule has 2 heterocycles. The van der Waals surface area contributed by atoms with Crippen molar-refractivity contribution in [1.82, 2.24) is 0 Å². The summed E-state index contributed by atoms with van der Waals surface area (Å²) in [7, 11) is 1.68. The van der Waals surface area contributed by atoms with Gasteiger partial charge in [0.1, 0.15) is 5.75 Å². The van der Waals surface area contributed by atoms with E-state index >= 15 is 0 Å². The highest BCUT2D eigenvalue weighted by atomic mass is 79.9. The predicted molar refractivity (Wildman–Crippen MR) is 89.7 cm³/mol. The summed E-state index contributed by atoms with van der Waals surface area (Å²) < 4.78 is 5.39. The molecule has 1 N–H and O–H groups in total. The molecule has 110 valence electrons. The van der Waals surface area contributed by atoms with Gasteiger partial charge in [0.05, 0.1) is 22.2 Å². The molecule has 1 amide bonds. The summed E-state index contributed by atoms with van der Waals surface area (Å²) in [4.78, 5) is 13.2. The molecule has 21 heavy (non-hydrogen) atoms. The first-order valence-corrected chi connectivity index (χ1v) is 8.46. The van der Waals surface area contributed by atoms with Crippen molar-refractivity contribution in [3.8, 4) is 5.75 Å². The second kappa shape index (κ2) is 5.14. The number of amides is 1. The van der Waals surface area contributed by atoms with Crippen molar-refractivity contribution in [3.63, 3.8) is 0 Å². The summed E-state index contributed by atoms with van der Waals surface area (Å²) in [6, 6.07) is 8.09. The van der Waals surface area contributed by atoms with Crippen molar-refractivity contribution in [3.05, 3.63) is 45.6 Å². The van der Waals surface area contributed by atoms with Gasteiger partial charge in [-0.25, -0.2) is 0 Å². The summed E-state index contributed by atoms with van der Waals surface area (Å²) in [5.41, 5.74) is 2.59. The molecule has 3 rings (SSSR count). The van der Waals surface area contributed by atoms with E-state index in [0.29, 0.717) is 0 Å². The Hall–Kier alpha value is -1.33. The van der Waals surface area contributed by atoms with Crippen molar-refractivity contribution in [1.29, 1.82) is 0 Å². The van der Waals surface area contributed by atoms with Gasteiger partial charge in [-0.15, -0.1) is 11.3 Å². The highest BCUT2D eigenvalue weighted by Gasteiger charge is 2.38. The van der Waals surface area contributed by atoms with E-state index in [1.54, 1.807) is 18.4 Å². The molecule has 1 aromatic heterocycles. The Morgan fingerprint density at radius 2 is 2.10 bits per heavy atom. The monoisotopic (exact) mass is 365 g/mol. The second-order valence-electron chi connectivity index (χ2n) is 5.60. The maximum atomic E-state index is 12.0. The summed E-state index contributed by atoms with van der Waals surface area (Å²) >= 11 is 5.41. The third-order valence-corrected chi connectivity index (χ3v) is 6.19. The average molecular weight is 366 g/mol. The molecule has 0 saturated carbocycles. The Bertz CT molecular complexity index is 708. The Kier molecular flexibility index (Phi) is 3.58. The van der Waals surface area contributed by atoms with Crippen molar-refractivity contribution in [2.75, 3.05) is 12.4 Å². The Labute approximate surface area is 136 Å². The number of rotatable bonds is 3. The van der Waals surface area contributed by atoms with Crippen LogP contribution in [0.5, 0.6) is 5.75 Å². The number of anilines is 1. The van der Waals surface area contributed by atoms with Crippen LogP contribution in [0.4, 0.5) is 5.69 Å². The number of hydrogen-bond acceptors (Lipinski definition) is 3. The van der Waals surface area contributed by atoms with E-state index in [1.807, 2.05) is 37.4 Å². The van der Waals surface area contributed by atoms with E-state index in [-0.39, 0.29) is 10.7 Å². The molecule has 1 unspecified atom stereocenters. The first-order chi connectivity index (χ1) is 9.95. The zero-order valence-electron chi connectivity index (χ0n) is 12.1. The molecule has 0 fully saturated rings. The van der Waals surface area contributed by atoms with Crippen LogP contribution in [0.1, 0.15) is 34.7 Å².